The first-order chi connectivity index (χ1) is 17.7. The van der Waals surface area contributed by atoms with Crippen LogP contribution in [0.3, 0.4) is 0 Å². The molecule has 8 heteroatoms. The Morgan fingerprint density at radius 3 is 2.33 bits per heavy atom. The molecule has 0 amide bonds. The van der Waals surface area contributed by atoms with Gasteiger partial charge in [0.2, 0.25) is 12.1 Å². The Balaban J connectivity index is 1.27. The third kappa shape index (κ3) is 4.67. The summed E-state index contributed by atoms with van der Waals surface area (Å²) in [6, 6.07) is 24.1. The Kier molecular flexibility index (Phi) is 6.32. The van der Waals surface area contributed by atoms with Crippen LogP contribution >= 0.6 is 11.6 Å². The zero-order valence-corrected chi connectivity index (χ0v) is 20.4. The predicted molar refractivity (Wildman–Crippen MR) is 141 cm³/mol. The number of nitrogens with one attached hydrogen (secondary N) is 1. The minimum absolute atomic E-state index is 0.375. The molecule has 4 heterocycles. The number of furan rings is 1. The highest BCUT2D eigenvalue weighted by molar-refractivity contribution is 6.30. The number of pyridine rings is 1. The topological polar surface area (TPSA) is 66.1 Å². The van der Waals surface area contributed by atoms with Gasteiger partial charge in [-0.3, -0.25) is 4.98 Å². The Morgan fingerprint density at radius 2 is 1.58 bits per heavy atom. The maximum atomic E-state index is 6.22. The van der Waals surface area contributed by atoms with Gasteiger partial charge >= 0.3 is 0 Å². The number of hydrogen-bond donors (Lipinski definition) is 1. The molecule has 0 aliphatic carbocycles. The molecule has 1 fully saturated rings. The van der Waals surface area contributed by atoms with Crippen molar-refractivity contribution in [3.63, 3.8) is 0 Å². The molecule has 0 saturated carbocycles. The Bertz CT molecular complexity index is 1330. The molecule has 2 aliphatic rings. The van der Waals surface area contributed by atoms with Crippen molar-refractivity contribution in [2.24, 2.45) is 5.16 Å². The normalized spacial score (nSPS) is 17.7. The van der Waals surface area contributed by atoms with Crippen LogP contribution in [0.1, 0.15) is 23.1 Å². The highest BCUT2D eigenvalue weighted by Crippen LogP contribution is 2.34. The summed E-state index contributed by atoms with van der Waals surface area (Å²) in [5.41, 5.74) is 4.34. The number of hydrogen-bond acceptors (Lipinski definition) is 7. The summed E-state index contributed by atoms with van der Waals surface area (Å²) >= 11 is 6.05. The first-order valence-corrected chi connectivity index (χ1v) is 12.4. The van der Waals surface area contributed by atoms with E-state index in [0.29, 0.717) is 23.2 Å². The van der Waals surface area contributed by atoms with Gasteiger partial charge in [-0.2, -0.15) is 0 Å². The average Bonchev–Trinajstić information content (AvgIpc) is 3.58. The largest absolute Gasteiger partial charge is 0.453 e. The van der Waals surface area contributed by atoms with Crippen molar-refractivity contribution in [1.82, 2.24) is 15.2 Å². The van der Waals surface area contributed by atoms with E-state index < -0.39 is 0 Å². The van der Waals surface area contributed by atoms with Crippen LogP contribution < -0.4 is 10.2 Å². The van der Waals surface area contributed by atoms with E-state index >= 15 is 0 Å². The summed E-state index contributed by atoms with van der Waals surface area (Å²) in [6.45, 7) is 4.69. The molecule has 0 spiro atoms. The molecule has 7 nitrogen and oxygen atoms in total. The fourth-order valence-corrected chi connectivity index (χ4v) is 4.72. The molecule has 2 aromatic heterocycles. The van der Waals surface area contributed by atoms with E-state index in [-0.39, 0.29) is 6.23 Å². The first kappa shape index (κ1) is 22.6. The second kappa shape index (κ2) is 10.0. The zero-order valence-electron chi connectivity index (χ0n) is 19.7. The van der Waals surface area contributed by atoms with Crippen LogP contribution in [0.15, 0.2) is 94.8 Å². The number of amidine groups is 1. The number of piperazine rings is 1. The molecule has 1 saturated heterocycles. The third-order valence-electron chi connectivity index (χ3n) is 6.51. The van der Waals surface area contributed by atoms with Gasteiger partial charge in [0.05, 0.1) is 0 Å². The van der Waals surface area contributed by atoms with Crippen LogP contribution in [0, 0.1) is 0 Å². The number of rotatable bonds is 6. The number of nitrogens with zero attached hydrogens (tertiary/aromatic N) is 4. The van der Waals surface area contributed by atoms with E-state index in [4.69, 9.17) is 20.9 Å². The quantitative estimate of drug-likeness (QED) is 0.388. The summed E-state index contributed by atoms with van der Waals surface area (Å²) in [7, 11) is 0. The van der Waals surface area contributed by atoms with Crippen molar-refractivity contribution in [1.29, 1.82) is 0 Å². The number of anilines is 1. The van der Waals surface area contributed by atoms with E-state index in [9.17, 15) is 0 Å². The van der Waals surface area contributed by atoms with E-state index in [1.807, 2.05) is 48.5 Å². The lowest BCUT2D eigenvalue weighted by atomic mass is 10.1. The van der Waals surface area contributed by atoms with Crippen LogP contribution in [0.25, 0.3) is 11.3 Å². The van der Waals surface area contributed by atoms with Crippen molar-refractivity contribution in [2.75, 3.05) is 31.1 Å². The molecule has 1 atom stereocenters. The predicted octanol–water partition coefficient (Wildman–Crippen LogP) is 5.30. The Labute approximate surface area is 214 Å². The van der Waals surface area contributed by atoms with Crippen molar-refractivity contribution in [3.8, 4) is 11.3 Å². The standard InChI is InChI=1S/C28H26ClN5O2/c29-23-5-3-21(4-6-23)25-9-10-26(35-25)27-32-36-28(22-11-13-30-14-12-22)34(27)19-20-1-7-24(8-2-20)33-17-15-31-16-18-33/h1-14,28,31H,15-19H2. The molecule has 2 aliphatic heterocycles. The molecule has 2 aromatic carbocycles. The Morgan fingerprint density at radius 1 is 0.861 bits per heavy atom. The van der Waals surface area contributed by atoms with E-state index in [1.54, 1.807) is 12.4 Å². The molecule has 6 rings (SSSR count). The van der Waals surface area contributed by atoms with Crippen molar-refractivity contribution in [3.05, 3.63) is 107 Å². The highest BCUT2D eigenvalue weighted by atomic mass is 35.5. The number of oxime groups is 1. The Hall–Kier alpha value is -3.81. The van der Waals surface area contributed by atoms with E-state index in [1.165, 1.54) is 5.69 Å². The molecule has 0 bridgehead atoms. The zero-order chi connectivity index (χ0) is 24.3. The summed E-state index contributed by atoms with van der Waals surface area (Å²) in [6.07, 6.45) is 3.16. The van der Waals surface area contributed by atoms with Crippen LogP contribution in [0.4, 0.5) is 5.69 Å². The monoisotopic (exact) mass is 499 g/mol. The lowest BCUT2D eigenvalue weighted by molar-refractivity contribution is 0.00568. The van der Waals surface area contributed by atoms with Gasteiger partial charge in [-0.05, 0) is 66.2 Å². The van der Waals surface area contributed by atoms with Crippen LogP contribution in [-0.4, -0.2) is 41.9 Å². The summed E-state index contributed by atoms with van der Waals surface area (Å²) in [4.78, 5) is 14.6. The summed E-state index contributed by atoms with van der Waals surface area (Å²) in [5.74, 6) is 2.05. The minimum Gasteiger partial charge on any atom is -0.453 e. The van der Waals surface area contributed by atoms with Gasteiger partial charge in [0, 0.05) is 67.0 Å². The van der Waals surface area contributed by atoms with E-state index in [2.05, 4.69) is 49.5 Å². The van der Waals surface area contributed by atoms with Crippen LogP contribution in [0.5, 0.6) is 0 Å². The second-order valence-corrected chi connectivity index (χ2v) is 9.29. The van der Waals surface area contributed by atoms with Gasteiger partial charge in [-0.1, -0.05) is 28.9 Å². The van der Waals surface area contributed by atoms with Crippen molar-refractivity contribution < 1.29 is 9.25 Å². The molecular weight excluding hydrogens is 474 g/mol. The SMILES string of the molecule is Clc1ccc(-c2ccc(C3=NOC(c4ccncc4)N3Cc3ccc(N4CCNCC4)cc3)o2)cc1. The van der Waals surface area contributed by atoms with Gasteiger partial charge < -0.3 is 24.4 Å². The molecule has 182 valence electrons. The van der Waals surface area contributed by atoms with Gasteiger partial charge in [0.25, 0.3) is 0 Å². The highest BCUT2D eigenvalue weighted by Gasteiger charge is 2.34. The lowest BCUT2D eigenvalue weighted by Crippen LogP contribution is -2.43. The number of halogens is 1. The van der Waals surface area contributed by atoms with Crippen molar-refractivity contribution in [2.45, 2.75) is 12.8 Å². The molecule has 4 aromatic rings. The molecule has 0 radical (unpaired) electrons. The van der Waals surface area contributed by atoms with Crippen LogP contribution in [-0.2, 0) is 11.4 Å². The molecule has 1 unspecified atom stereocenters. The van der Waals surface area contributed by atoms with Gasteiger partial charge in [0.1, 0.15) is 5.76 Å². The molecule has 1 N–H and O–H groups in total. The van der Waals surface area contributed by atoms with Gasteiger partial charge in [-0.25, -0.2) is 0 Å². The first-order valence-electron chi connectivity index (χ1n) is 12.1. The molecule has 36 heavy (non-hydrogen) atoms. The fraction of sp³-hybridized carbons (Fsp3) is 0.214. The number of aromatic nitrogens is 1. The average molecular weight is 500 g/mol. The third-order valence-corrected chi connectivity index (χ3v) is 6.76. The number of benzene rings is 2. The van der Waals surface area contributed by atoms with Gasteiger partial charge in [0.15, 0.2) is 5.76 Å². The second-order valence-electron chi connectivity index (χ2n) is 8.86. The van der Waals surface area contributed by atoms with Crippen molar-refractivity contribution >= 4 is 23.1 Å². The summed E-state index contributed by atoms with van der Waals surface area (Å²) < 4.78 is 6.22. The smallest absolute Gasteiger partial charge is 0.227 e. The lowest BCUT2D eigenvalue weighted by Gasteiger charge is -2.30. The van der Waals surface area contributed by atoms with E-state index in [0.717, 1.165) is 48.6 Å². The maximum absolute atomic E-state index is 6.22. The minimum atomic E-state index is -0.375. The van der Waals surface area contributed by atoms with Crippen LogP contribution in [0.2, 0.25) is 5.02 Å². The maximum Gasteiger partial charge on any atom is 0.227 e. The summed E-state index contributed by atoms with van der Waals surface area (Å²) in [5, 5.41) is 8.54. The molecular formula is C28H26ClN5O2. The fourth-order valence-electron chi connectivity index (χ4n) is 4.59. The van der Waals surface area contributed by atoms with Gasteiger partial charge in [-0.15, -0.1) is 0 Å².